The summed E-state index contributed by atoms with van der Waals surface area (Å²) in [6.45, 7) is -0.649. The predicted molar refractivity (Wildman–Crippen MR) is 97.5 cm³/mol. The van der Waals surface area contributed by atoms with E-state index in [2.05, 4.69) is 5.32 Å². The molecule has 2 aromatic carbocycles. The number of esters is 2. The van der Waals surface area contributed by atoms with Gasteiger partial charge in [0.1, 0.15) is 6.04 Å². The highest BCUT2D eigenvalue weighted by molar-refractivity contribution is 5.92. The van der Waals surface area contributed by atoms with Crippen LogP contribution in [0, 0.1) is 10.1 Å². The lowest BCUT2D eigenvalue weighted by Crippen LogP contribution is -2.44. The van der Waals surface area contributed by atoms with Crippen molar-refractivity contribution in [2.45, 2.75) is 12.5 Å². The fourth-order valence-electron chi connectivity index (χ4n) is 2.38. The molecule has 0 aliphatic carbocycles. The highest BCUT2D eigenvalue weighted by Crippen LogP contribution is 2.13. The molecule has 0 bridgehead atoms. The molecule has 0 radical (unpaired) electrons. The van der Waals surface area contributed by atoms with Crippen LogP contribution in [0.5, 0.6) is 0 Å². The van der Waals surface area contributed by atoms with Gasteiger partial charge in [-0.3, -0.25) is 14.9 Å². The van der Waals surface area contributed by atoms with E-state index >= 15 is 0 Å². The smallest absolute Gasteiger partial charge is 0.338 e. The van der Waals surface area contributed by atoms with Gasteiger partial charge >= 0.3 is 11.9 Å². The zero-order chi connectivity index (χ0) is 20.5. The van der Waals surface area contributed by atoms with Gasteiger partial charge in [-0.15, -0.1) is 0 Å². The van der Waals surface area contributed by atoms with Crippen LogP contribution in [0.15, 0.2) is 54.6 Å². The number of nitrogens with zero attached hydrogens (tertiary/aromatic N) is 1. The third-order valence-corrected chi connectivity index (χ3v) is 3.73. The lowest BCUT2D eigenvalue weighted by molar-refractivity contribution is -0.384. The molecule has 0 heterocycles. The number of methoxy groups -OCH3 is 1. The Kier molecular flexibility index (Phi) is 7.21. The van der Waals surface area contributed by atoms with Gasteiger partial charge in [-0.05, 0) is 11.6 Å². The number of hydrogen-bond donors (Lipinski definition) is 1. The third kappa shape index (κ3) is 5.90. The summed E-state index contributed by atoms with van der Waals surface area (Å²) >= 11 is 0. The van der Waals surface area contributed by atoms with E-state index in [1.165, 1.54) is 25.3 Å². The van der Waals surface area contributed by atoms with E-state index in [9.17, 15) is 24.5 Å². The topological polar surface area (TPSA) is 125 Å². The quantitative estimate of drug-likeness (QED) is 0.415. The van der Waals surface area contributed by atoms with Gasteiger partial charge in [0, 0.05) is 18.6 Å². The number of non-ortho nitro benzene ring substituents is 1. The maximum atomic E-state index is 12.1. The second-order valence-corrected chi connectivity index (χ2v) is 5.72. The van der Waals surface area contributed by atoms with Crippen LogP contribution >= 0.6 is 0 Å². The van der Waals surface area contributed by atoms with Crippen LogP contribution in [-0.4, -0.2) is 42.5 Å². The Hall–Kier alpha value is -3.75. The molecule has 0 saturated heterocycles. The van der Waals surface area contributed by atoms with Crippen LogP contribution in [0.1, 0.15) is 15.9 Å². The second-order valence-electron chi connectivity index (χ2n) is 5.72. The Balaban J connectivity index is 1.95. The molecule has 0 aliphatic rings. The fourth-order valence-corrected chi connectivity index (χ4v) is 2.38. The molecule has 0 aromatic heterocycles. The summed E-state index contributed by atoms with van der Waals surface area (Å²) in [4.78, 5) is 46.1. The number of carbonyl (C=O) groups excluding carboxylic acids is 3. The maximum Gasteiger partial charge on any atom is 0.338 e. The fraction of sp³-hybridized carbons (Fsp3) is 0.211. The molecule has 9 nitrogen and oxygen atoms in total. The van der Waals surface area contributed by atoms with Gasteiger partial charge in [0.2, 0.25) is 0 Å². The zero-order valence-electron chi connectivity index (χ0n) is 15.0. The molecule has 2 aromatic rings. The minimum atomic E-state index is -0.948. The number of rotatable bonds is 8. The van der Waals surface area contributed by atoms with Crippen molar-refractivity contribution < 1.29 is 28.8 Å². The lowest BCUT2D eigenvalue weighted by Gasteiger charge is -2.16. The number of benzene rings is 2. The van der Waals surface area contributed by atoms with Crippen LogP contribution < -0.4 is 5.32 Å². The highest BCUT2D eigenvalue weighted by atomic mass is 16.6. The molecule has 1 amide bonds. The van der Waals surface area contributed by atoms with Gasteiger partial charge in [-0.1, -0.05) is 36.4 Å². The molecule has 1 N–H and O–H groups in total. The van der Waals surface area contributed by atoms with Gasteiger partial charge < -0.3 is 14.8 Å². The molecule has 0 saturated carbocycles. The van der Waals surface area contributed by atoms with Crippen molar-refractivity contribution >= 4 is 23.5 Å². The average Bonchev–Trinajstić information content (AvgIpc) is 2.71. The van der Waals surface area contributed by atoms with Gasteiger partial charge in [-0.25, -0.2) is 9.59 Å². The van der Waals surface area contributed by atoms with Gasteiger partial charge in [-0.2, -0.15) is 0 Å². The molecule has 9 heteroatoms. The van der Waals surface area contributed by atoms with E-state index < -0.39 is 35.4 Å². The molecular formula is C19H18N2O7. The number of amides is 1. The van der Waals surface area contributed by atoms with Crippen LogP contribution in [0.3, 0.4) is 0 Å². The molecule has 0 aliphatic heterocycles. The Labute approximate surface area is 160 Å². The Morgan fingerprint density at radius 2 is 1.82 bits per heavy atom. The van der Waals surface area contributed by atoms with Gasteiger partial charge in [0.25, 0.3) is 11.6 Å². The van der Waals surface area contributed by atoms with E-state index in [0.29, 0.717) is 0 Å². The van der Waals surface area contributed by atoms with Crippen LogP contribution in [0.4, 0.5) is 5.69 Å². The molecular weight excluding hydrogens is 368 g/mol. The van der Waals surface area contributed by atoms with Gasteiger partial charge in [0.15, 0.2) is 6.61 Å². The van der Waals surface area contributed by atoms with Crippen molar-refractivity contribution in [3.63, 3.8) is 0 Å². The number of ether oxygens (including phenoxy) is 2. The van der Waals surface area contributed by atoms with Crippen molar-refractivity contribution in [1.82, 2.24) is 5.32 Å². The predicted octanol–water partition coefficient (Wildman–Crippen LogP) is 1.65. The summed E-state index contributed by atoms with van der Waals surface area (Å²) in [5.41, 5.74) is 0.482. The van der Waals surface area contributed by atoms with Crippen molar-refractivity contribution in [1.29, 1.82) is 0 Å². The first-order chi connectivity index (χ1) is 13.4. The number of carbonyl (C=O) groups is 3. The summed E-state index contributed by atoms with van der Waals surface area (Å²) in [5, 5.41) is 13.2. The monoisotopic (exact) mass is 386 g/mol. The number of nitrogens with one attached hydrogen (secondary N) is 1. The lowest BCUT2D eigenvalue weighted by atomic mass is 10.1. The third-order valence-electron chi connectivity index (χ3n) is 3.73. The molecule has 28 heavy (non-hydrogen) atoms. The van der Waals surface area contributed by atoms with Crippen molar-refractivity contribution in [3.05, 3.63) is 75.8 Å². The number of nitro groups is 1. The first-order valence-corrected chi connectivity index (χ1v) is 8.23. The molecule has 1 atom stereocenters. The summed E-state index contributed by atoms with van der Waals surface area (Å²) in [6.07, 6.45) is 0.206. The summed E-state index contributed by atoms with van der Waals surface area (Å²) in [7, 11) is 1.20. The minimum Gasteiger partial charge on any atom is -0.467 e. The Morgan fingerprint density at radius 1 is 1.11 bits per heavy atom. The van der Waals surface area contributed by atoms with Gasteiger partial charge in [0.05, 0.1) is 17.6 Å². The van der Waals surface area contributed by atoms with E-state index in [-0.39, 0.29) is 17.7 Å². The first-order valence-electron chi connectivity index (χ1n) is 8.23. The van der Waals surface area contributed by atoms with Crippen molar-refractivity contribution in [3.8, 4) is 0 Å². The molecule has 2 rings (SSSR count). The Morgan fingerprint density at radius 3 is 2.46 bits per heavy atom. The molecule has 0 unspecified atom stereocenters. The minimum absolute atomic E-state index is 0.0594. The average molecular weight is 386 g/mol. The van der Waals surface area contributed by atoms with E-state index in [4.69, 9.17) is 9.47 Å². The maximum absolute atomic E-state index is 12.1. The number of nitro benzene ring substituents is 1. The Bertz CT molecular complexity index is 868. The standard InChI is InChI=1S/C19H18N2O7/c1-27-19(24)16(10-13-6-3-2-4-7-13)20-17(22)12-28-18(23)14-8-5-9-15(11-14)21(25)26/h2-9,11,16H,10,12H2,1H3,(H,20,22)/t16-/m0/s1. The zero-order valence-corrected chi connectivity index (χ0v) is 15.0. The van der Waals surface area contributed by atoms with Crippen molar-refractivity contribution in [2.24, 2.45) is 0 Å². The summed E-state index contributed by atoms with van der Waals surface area (Å²) in [6, 6.07) is 13.0. The van der Waals surface area contributed by atoms with E-state index in [1.54, 1.807) is 24.3 Å². The van der Waals surface area contributed by atoms with E-state index in [0.717, 1.165) is 11.6 Å². The largest absolute Gasteiger partial charge is 0.467 e. The molecule has 0 fully saturated rings. The van der Waals surface area contributed by atoms with E-state index in [1.807, 2.05) is 6.07 Å². The first kappa shape index (κ1) is 20.6. The highest BCUT2D eigenvalue weighted by Gasteiger charge is 2.23. The van der Waals surface area contributed by atoms with Crippen LogP contribution in [-0.2, 0) is 25.5 Å². The van der Waals surface area contributed by atoms with Crippen molar-refractivity contribution in [2.75, 3.05) is 13.7 Å². The SMILES string of the molecule is COC(=O)[C@H](Cc1ccccc1)NC(=O)COC(=O)c1cccc([N+](=O)[O-])c1. The normalized spacial score (nSPS) is 11.2. The number of hydrogen-bond acceptors (Lipinski definition) is 7. The summed E-state index contributed by atoms with van der Waals surface area (Å²) in [5.74, 6) is -2.23. The second kappa shape index (κ2) is 9.81. The van der Waals surface area contributed by atoms with Crippen LogP contribution in [0.2, 0.25) is 0 Å². The molecule has 0 spiro atoms. The van der Waals surface area contributed by atoms with Crippen LogP contribution in [0.25, 0.3) is 0 Å². The molecule has 146 valence electrons. The summed E-state index contributed by atoms with van der Waals surface area (Å²) < 4.78 is 9.55.